The van der Waals surface area contributed by atoms with Gasteiger partial charge in [0.05, 0.1) is 5.69 Å². The van der Waals surface area contributed by atoms with Crippen molar-refractivity contribution in [3.05, 3.63) is 69.1 Å². The summed E-state index contributed by atoms with van der Waals surface area (Å²) in [4.78, 5) is 26.8. The predicted octanol–water partition coefficient (Wildman–Crippen LogP) is 3.69. The Labute approximate surface area is 128 Å². The Bertz CT molecular complexity index is 965. The van der Waals surface area contributed by atoms with E-state index in [4.69, 9.17) is 11.6 Å². The Morgan fingerprint density at radius 3 is 2.59 bits per heavy atom. The van der Waals surface area contributed by atoms with Crippen molar-refractivity contribution in [1.29, 1.82) is 0 Å². The van der Waals surface area contributed by atoms with Gasteiger partial charge in [-0.3, -0.25) is 4.79 Å². The quantitative estimate of drug-likeness (QED) is 0.757. The van der Waals surface area contributed by atoms with Gasteiger partial charge < -0.3 is 10.1 Å². The second kappa shape index (κ2) is 5.27. The maximum Gasteiger partial charge on any atom is 0.341 e. The van der Waals surface area contributed by atoms with Gasteiger partial charge in [-0.2, -0.15) is 0 Å². The van der Waals surface area contributed by atoms with Gasteiger partial charge in [0.15, 0.2) is 0 Å². The summed E-state index contributed by atoms with van der Waals surface area (Å²) in [7, 11) is 0. The van der Waals surface area contributed by atoms with Crippen LogP contribution in [0.15, 0.2) is 47.3 Å². The van der Waals surface area contributed by atoms with Gasteiger partial charge in [0, 0.05) is 21.5 Å². The van der Waals surface area contributed by atoms with Gasteiger partial charge in [0.1, 0.15) is 11.4 Å². The second-order valence-corrected chi connectivity index (χ2v) is 5.09. The largest absolute Gasteiger partial charge is 0.477 e. The van der Waals surface area contributed by atoms with Crippen molar-refractivity contribution in [3.63, 3.8) is 0 Å². The number of carboxylic acids is 1. The highest BCUT2D eigenvalue weighted by atomic mass is 35.5. The highest BCUT2D eigenvalue weighted by Gasteiger charge is 2.21. The normalized spacial score (nSPS) is 10.8. The van der Waals surface area contributed by atoms with Gasteiger partial charge in [-0.15, -0.1) is 0 Å². The molecule has 0 unspecified atom stereocenters. The zero-order valence-corrected chi connectivity index (χ0v) is 11.8. The van der Waals surface area contributed by atoms with Gasteiger partial charge >= 0.3 is 5.97 Å². The van der Waals surface area contributed by atoms with Crippen molar-refractivity contribution < 1.29 is 14.3 Å². The average Bonchev–Trinajstić information content (AvgIpc) is 2.48. The third kappa shape index (κ3) is 2.25. The summed E-state index contributed by atoms with van der Waals surface area (Å²) in [6, 6.07) is 10.2. The van der Waals surface area contributed by atoms with Crippen molar-refractivity contribution in [2.24, 2.45) is 0 Å². The van der Waals surface area contributed by atoms with Gasteiger partial charge in [0.25, 0.3) is 0 Å². The molecule has 110 valence electrons. The predicted molar refractivity (Wildman–Crippen MR) is 81.9 cm³/mol. The molecule has 0 aliphatic heterocycles. The monoisotopic (exact) mass is 317 g/mol. The number of halogens is 2. The zero-order chi connectivity index (χ0) is 15.9. The number of hydrogen-bond donors (Lipinski definition) is 2. The standard InChI is InChI=1S/C16H9ClFNO3/c17-11-4-2-1-3-9(11)14-13(16(21)22)15(20)10-7-8(18)5-6-12(10)19-14/h1-7H,(H,19,20)(H,21,22). The number of nitrogens with one attached hydrogen (secondary N) is 1. The molecule has 4 nitrogen and oxygen atoms in total. The summed E-state index contributed by atoms with van der Waals surface area (Å²) in [6.07, 6.45) is 0. The third-order valence-electron chi connectivity index (χ3n) is 3.32. The Kier molecular flexibility index (Phi) is 3.42. The van der Waals surface area contributed by atoms with Crippen molar-refractivity contribution in [2.45, 2.75) is 0 Å². The lowest BCUT2D eigenvalue weighted by Crippen LogP contribution is -2.18. The summed E-state index contributed by atoms with van der Waals surface area (Å²) >= 11 is 6.09. The molecule has 1 heterocycles. The van der Waals surface area contributed by atoms with E-state index in [2.05, 4.69) is 4.98 Å². The number of carboxylic acid groups (broad SMARTS) is 1. The highest BCUT2D eigenvalue weighted by Crippen LogP contribution is 2.29. The van der Waals surface area contributed by atoms with Crippen LogP contribution in [-0.4, -0.2) is 16.1 Å². The number of carbonyl (C=O) groups is 1. The molecule has 3 rings (SSSR count). The molecular formula is C16H9ClFNO3. The van der Waals surface area contributed by atoms with E-state index in [0.29, 0.717) is 16.1 Å². The first-order valence-corrected chi connectivity index (χ1v) is 6.70. The smallest absolute Gasteiger partial charge is 0.341 e. The molecule has 0 spiro atoms. The number of aromatic carboxylic acids is 1. The molecule has 1 aromatic heterocycles. The fourth-order valence-electron chi connectivity index (χ4n) is 2.33. The zero-order valence-electron chi connectivity index (χ0n) is 11.1. The minimum Gasteiger partial charge on any atom is -0.477 e. The summed E-state index contributed by atoms with van der Waals surface area (Å²) in [5.74, 6) is -2.01. The van der Waals surface area contributed by atoms with E-state index in [-0.39, 0.29) is 11.1 Å². The molecule has 22 heavy (non-hydrogen) atoms. The van der Waals surface area contributed by atoms with Crippen LogP contribution >= 0.6 is 11.6 Å². The Hall–Kier alpha value is -2.66. The van der Waals surface area contributed by atoms with Crippen LogP contribution in [0, 0.1) is 5.82 Å². The van der Waals surface area contributed by atoms with Crippen LogP contribution in [0.5, 0.6) is 0 Å². The number of aromatic nitrogens is 1. The first-order valence-electron chi connectivity index (χ1n) is 6.33. The van der Waals surface area contributed by atoms with Gasteiger partial charge in [-0.05, 0) is 24.3 Å². The Morgan fingerprint density at radius 1 is 1.18 bits per heavy atom. The third-order valence-corrected chi connectivity index (χ3v) is 3.65. The van der Waals surface area contributed by atoms with E-state index in [0.717, 1.165) is 6.07 Å². The lowest BCUT2D eigenvalue weighted by molar-refractivity contribution is 0.0696. The van der Waals surface area contributed by atoms with Crippen LogP contribution in [0.4, 0.5) is 4.39 Å². The minimum atomic E-state index is -1.40. The molecule has 2 aromatic carbocycles. The molecule has 0 saturated carbocycles. The van der Waals surface area contributed by atoms with Crippen LogP contribution in [0.25, 0.3) is 22.2 Å². The van der Waals surface area contributed by atoms with E-state index in [1.165, 1.54) is 12.1 Å². The van der Waals surface area contributed by atoms with Crippen LogP contribution in [0.1, 0.15) is 10.4 Å². The number of aromatic amines is 1. The van der Waals surface area contributed by atoms with Crippen molar-refractivity contribution in [2.75, 3.05) is 0 Å². The second-order valence-electron chi connectivity index (χ2n) is 4.68. The molecule has 6 heteroatoms. The van der Waals surface area contributed by atoms with E-state index >= 15 is 0 Å². The number of pyridine rings is 1. The van der Waals surface area contributed by atoms with E-state index in [1.54, 1.807) is 24.3 Å². The average molecular weight is 318 g/mol. The minimum absolute atomic E-state index is 0.0202. The lowest BCUT2D eigenvalue weighted by Gasteiger charge is -2.10. The van der Waals surface area contributed by atoms with Crippen molar-refractivity contribution in [1.82, 2.24) is 4.98 Å². The Balaban J connectivity index is 2.47. The Morgan fingerprint density at radius 2 is 1.91 bits per heavy atom. The fourth-order valence-corrected chi connectivity index (χ4v) is 2.56. The van der Waals surface area contributed by atoms with E-state index in [9.17, 15) is 19.1 Å². The van der Waals surface area contributed by atoms with E-state index < -0.39 is 22.8 Å². The molecule has 0 fully saturated rings. The molecule has 3 aromatic rings. The lowest BCUT2D eigenvalue weighted by atomic mass is 10.0. The number of benzene rings is 2. The first kappa shape index (κ1) is 14.3. The van der Waals surface area contributed by atoms with Gasteiger partial charge in [-0.25, -0.2) is 9.18 Å². The first-order chi connectivity index (χ1) is 10.5. The molecular weight excluding hydrogens is 309 g/mol. The van der Waals surface area contributed by atoms with Crippen LogP contribution in [0.3, 0.4) is 0 Å². The fraction of sp³-hybridized carbons (Fsp3) is 0. The van der Waals surface area contributed by atoms with Crippen molar-refractivity contribution in [3.8, 4) is 11.3 Å². The molecule has 0 saturated heterocycles. The molecule has 0 radical (unpaired) electrons. The SMILES string of the molecule is O=C(O)c1c(-c2ccccc2Cl)[nH]c2ccc(F)cc2c1=O. The molecule has 0 aliphatic carbocycles. The van der Waals surface area contributed by atoms with Crippen LogP contribution < -0.4 is 5.43 Å². The summed E-state index contributed by atoms with van der Waals surface area (Å²) in [5.41, 5.74) is -0.389. The summed E-state index contributed by atoms with van der Waals surface area (Å²) < 4.78 is 13.3. The highest BCUT2D eigenvalue weighted by molar-refractivity contribution is 6.33. The topological polar surface area (TPSA) is 70.2 Å². The van der Waals surface area contributed by atoms with Crippen LogP contribution in [-0.2, 0) is 0 Å². The molecule has 0 bridgehead atoms. The molecule has 0 amide bonds. The maximum atomic E-state index is 13.3. The van der Waals surface area contributed by atoms with Gasteiger partial charge in [0.2, 0.25) is 5.43 Å². The van der Waals surface area contributed by atoms with Gasteiger partial charge in [-0.1, -0.05) is 29.8 Å². The molecule has 0 atom stereocenters. The number of hydrogen-bond acceptors (Lipinski definition) is 2. The molecule has 0 aliphatic rings. The maximum absolute atomic E-state index is 13.3. The molecule has 2 N–H and O–H groups in total. The summed E-state index contributed by atoms with van der Waals surface area (Å²) in [5, 5.41) is 9.66. The van der Waals surface area contributed by atoms with Crippen molar-refractivity contribution >= 4 is 28.5 Å². The van der Waals surface area contributed by atoms with E-state index in [1.807, 2.05) is 0 Å². The van der Waals surface area contributed by atoms with Crippen LogP contribution in [0.2, 0.25) is 5.02 Å². The number of fused-ring (bicyclic) bond motifs is 1. The number of H-pyrrole nitrogens is 1. The number of rotatable bonds is 2. The summed E-state index contributed by atoms with van der Waals surface area (Å²) in [6.45, 7) is 0.